The topological polar surface area (TPSA) is 8.29 Å². The number of benzene rings is 1. The Hall–Kier alpha value is -2.87. The molecule has 3 heterocycles. The summed E-state index contributed by atoms with van der Waals surface area (Å²) in [4.78, 5) is 0. The largest absolute Gasteiger partial charge is 0.323 e. The molecular formula is C24H23N2+. The lowest BCUT2D eigenvalue weighted by atomic mass is 9.96. The summed E-state index contributed by atoms with van der Waals surface area (Å²) in [6, 6.07) is 13.7. The fourth-order valence-corrected chi connectivity index (χ4v) is 4.29. The van der Waals surface area contributed by atoms with Crippen LogP contribution in [-0.2, 0) is 13.5 Å². The van der Waals surface area contributed by atoms with Crippen molar-refractivity contribution in [1.82, 2.24) is 4.40 Å². The van der Waals surface area contributed by atoms with Gasteiger partial charge >= 0.3 is 0 Å². The monoisotopic (exact) mass is 339 g/mol. The zero-order chi connectivity index (χ0) is 18.0. The second-order valence-corrected chi connectivity index (χ2v) is 7.69. The van der Waals surface area contributed by atoms with E-state index in [-0.39, 0.29) is 0 Å². The van der Waals surface area contributed by atoms with Crippen molar-refractivity contribution in [2.45, 2.75) is 27.2 Å². The summed E-state index contributed by atoms with van der Waals surface area (Å²) in [6.07, 6.45) is 7.67. The molecule has 0 aliphatic heterocycles. The summed E-state index contributed by atoms with van der Waals surface area (Å²) in [6.45, 7) is 6.60. The molecule has 3 aromatic heterocycles. The molecule has 128 valence electrons. The normalized spacial score (nSPS) is 12.5. The van der Waals surface area contributed by atoms with E-state index in [1.807, 2.05) is 0 Å². The fourth-order valence-electron chi connectivity index (χ4n) is 4.29. The van der Waals surface area contributed by atoms with Crippen LogP contribution in [0.5, 0.6) is 0 Å². The molecule has 0 saturated carbocycles. The third-order valence-electron chi connectivity index (χ3n) is 5.89. The molecule has 0 fully saturated rings. The first-order chi connectivity index (χ1) is 12.5. The molecule has 2 nitrogen and oxygen atoms in total. The Balaban J connectivity index is 1.70. The highest BCUT2D eigenvalue weighted by Gasteiger charge is 2.23. The van der Waals surface area contributed by atoms with Crippen LogP contribution in [0.4, 0.5) is 0 Å². The van der Waals surface area contributed by atoms with Crippen LogP contribution in [-0.4, -0.2) is 4.40 Å². The van der Waals surface area contributed by atoms with E-state index in [0.29, 0.717) is 0 Å². The van der Waals surface area contributed by atoms with Crippen molar-refractivity contribution in [1.29, 1.82) is 0 Å². The van der Waals surface area contributed by atoms with Gasteiger partial charge in [-0.2, -0.15) is 0 Å². The molecule has 0 unspecified atom stereocenters. The van der Waals surface area contributed by atoms with E-state index in [0.717, 1.165) is 6.42 Å². The van der Waals surface area contributed by atoms with Crippen LogP contribution in [0.3, 0.4) is 0 Å². The van der Waals surface area contributed by atoms with Crippen molar-refractivity contribution >= 4 is 5.52 Å². The van der Waals surface area contributed by atoms with Crippen LogP contribution in [0.25, 0.3) is 27.9 Å². The van der Waals surface area contributed by atoms with Crippen molar-refractivity contribution in [3.8, 4) is 22.4 Å². The molecule has 0 saturated heterocycles. The van der Waals surface area contributed by atoms with Gasteiger partial charge in [-0.3, -0.25) is 0 Å². The zero-order valence-corrected chi connectivity index (χ0v) is 15.8. The van der Waals surface area contributed by atoms with Gasteiger partial charge < -0.3 is 4.40 Å². The van der Waals surface area contributed by atoms with Crippen molar-refractivity contribution in [2.75, 3.05) is 0 Å². The van der Waals surface area contributed by atoms with Crippen LogP contribution in [0, 0.1) is 20.8 Å². The van der Waals surface area contributed by atoms with Crippen molar-refractivity contribution in [3.63, 3.8) is 0 Å². The number of aromatic nitrogens is 2. The van der Waals surface area contributed by atoms with Gasteiger partial charge in [-0.05, 0) is 79.3 Å². The summed E-state index contributed by atoms with van der Waals surface area (Å²) in [5.41, 5.74) is 13.6. The summed E-state index contributed by atoms with van der Waals surface area (Å²) in [5.74, 6) is 0. The molecule has 26 heavy (non-hydrogen) atoms. The van der Waals surface area contributed by atoms with Crippen LogP contribution >= 0.6 is 0 Å². The lowest BCUT2D eigenvalue weighted by Crippen LogP contribution is -2.31. The van der Waals surface area contributed by atoms with Crippen molar-refractivity contribution < 1.29 is 4.57 Å². The van der Waals surface area contributed by atoms with Crippen LogP contribution < -0.4 is 4.57 Å². The average molecular weight is 339 g/mol. The lowest BCUT2D eigenvalue weighted by Gasteiger charge is -2.10. The van der Waals surface area contributed by atoms with E-state index in [2.05, 4.69) is 91.8 Å². The first kappa shape index (κ1) is 15.4. The number of hydrogen-bond acceptors (Lipinski definition) is 0. The van der Waals surface area contributed by atoms with Crippen molar-refractivity contribution in [2.24, 2.45) is 7.05 Å². The Kier molecular flexibility index (Phi) is 3.14. The van der Waals surface area contributed by atoms with E-state index in [1.165, 1.54) is 55.7 Å². The minimum absolute atomic E-state index is 1.02. The number of hydrogen-bond donors (Lipinski definition) is 0. The number of pyridine rings is 2. The third kappa shape index (κ3) is 2.15. The molecule has 5 rings (SSSR count). The second kappa shape index (κ2) is 5.31. The van der Waals surface area contributed by atoms with E-state index in [4.69, 9.17) is 0 Å². The maximum atomic E-state index is 2.41. The number of aryl methyl sites for hydroxylation is 4. The summed E-state index contributed by atoms with van der Waals surface area (Å²) >= 11 is 0. The minimum Gasteiger partial charge on any atom is -0.323 e. The predicted molar refractivity (Wildman–Crippen MR) is 106 cm³/mol. The van der Waals surface area contributed by atoms with Gasteiger partial charge in [0.1, 0.15) is 7.05 Å². The smallest absolute Gasteiger partial charge is 0.212 e. The minimum atomic E-state index is 1.02. The van der Waals surface area contributed by atoms with Gasteiger partial charge in [-0.15, -0.1) is 0 Å². The Morgan fingerprint density at radius 1 is 0.846 bits per heavy atom. The van der Waals surface area contributed by atoms with Gasteiger partial charge in [0.2, 0.25) is 5.69 Å². The molecule has 1 aromatic carbocycles. The molecule has 0 spiro atoms. The molecule has 4 aromatic rings. The Morgan fingerprint density at radius 3 is 2.50 bits per heavy atom. The third-order valence-corrected chi connectivity index (χ3v) is 5.89. The average Bonchev–Trinajstić information content (AvgIpc) is 3.19. The van der Waals surface area contributed by atoms with E-state index in [1.54, 1.807) is 0 Å². The van der Waals surface area contributed by atoms with Crippen LogP contribution in [0.15, 0.2) is 55.0 Å². The second-order valence-electron chi connectivity index (χ2n) is 7.69. The molecule has 0 atom stereocenters. The lowest BCUT2D eigenvalue weighted by molar-refractivity contribution is -0.660. The maximum Gasteiger partial charge on any atom is 0.212 e. The van der Waals surface area contributed by atoms with E-state index >= 15 is 0 Å². The van der Waals surface area contributed by atoms with Gasteiger partial charge in [0, 0.05) is 40.7 Å². The SMILES string of the molecule is Cc1cc(-c2cc3c(cc2C)-c2cn4cccc4cc2C3)[n+](C)cc1C. The standard InChI is InChI=1S/C24H23N2/c1-15-9-24(25(4)13-17(15)3)21-12-19-10-18-11-20-6-5-7-26(20)14-23(18)22(19)8-16(21)2/h5-9,11-14H,10H2,1-4H3/q+1. The predicted octanol–water partition coefficient (Wildman–Crippen LogP) is 4.93. The first-order valence-corrected chi connectivity index (χ1v) is 9.22. The highest BCUT2D eigenvalue weighted by Crippen LogP contribution is 2.40. The highest BCUT2D eigenvalue weighted by molar-refractivity contribution is 5.82. The van der Waals surface area contributed by atoms with Gasteiger partial charge in [-0.1, -0.05) is 6.07 Å². The molecule has 0 radical (unpaired) electrons. The summed E-state index contributed by atoms with van der Waals surface area (Å²) in [5, 5.41) is 0. The van der Waals surface area contributed by atoms with E-state index in [9.17, 15) is 0 Å². The Morgan fingerprint density at radius 2 is 1.65 bits per heavy atom. The van der Waals surface area contributed by atoms with Gasteiger partial charge in [0.25, 0.3) is 0 Å². The number of nitrogens with zero attached hydrogens (tertiary/aromatic N) is 2. The fraction of sp³-hybridized carbons (Fsp3) is 0.208. The molecule has 1 aliphatic carbocycles. The Labute approximate surface area is 154 Å². The zero-order valence-electron chi connectivity index (χ0n) is 15.8. The molecular weight excluding hydrogens is 316 g/mol. The quantitative estimate of drug-likeness (QED) is 0.383. The molecule has 0 amide bonds. The molecule has 0 bridgehead atoms. The van der Waals surface area contributed by atoms with Crippen molar-refractivity contribution in [3.05, 3.63) is 82.8 Å². The van der Waals surface area contributed by atoms with Crippen LogP contribution in [0.2, 0.25) is 0 Å². The van der Waals surface area contributed by atoms with Gasteiger partial charge in [0.15, 0.2) is 6.20 Å². The van der Waals surface area contributed by atoms with E-state index < -0.39 is 0 Å². The molecule has 0 N–H and O–H groups in total. The molecule has 1 aliphatic rings. The first-order valence-electron chi connectivity index (χ1n) is 9.22. The molecule has 2 heteroatoms. The summed E-state index contributed by atoms with van der Waals surface area (Å²) in [7, 11) is 2.15. The maximum absolute atomic E-state index is 2.41. The number of fused-ring (bicyclic) bond motifs is 4. The Bertz CT molecular complexity index is 1190. The van der Waals surface area contributed by atoms with Gasteiger partial charge in [-0.25, -0.2) is 4.57 Å². The number of rotatable bonds is 1. The highest BCUT2D eigenvalue weighted by atomic mass is 14.9. The van der Waals surface area contributed by atoms with Gasteiger partial charge in [0.05, 0.1) is 0 Å². The summed E-state index contributed by atoms with van der Waals surface area (Å²) < 4.78 is 4.48. The van der Waals surface area contributed by atoms with Crippen LogP contribution in [0.1, 0.15) is 27.8 Å².